The van der Waals surface area contributed by atoms with E-state index >= 15 is 0 Å². The lowest BCUT2D eigenvalue weighted by atomic mass is 9.97. The third kappa shape index (κ3) is 3.52. The van der Waals surface area contributed by atoms with Crippen molar-refractivity contribution in [3.63, 3.8) is 0 Å². The smallest absolute Gasteiger partial charge is 0.101 e. The van der Waals surface area contributed by atoms with Crippen molar-refractivity contribution in [2.24, 2.45) is 0 Å². The van der Waals surface area contributed by atoms with Crippen LogP contribution in [0.15, 0.2) is 36.8 Å². The van der Waals surface area contributed by atoms with Gasteiger partial charge in [0.1, 0.15) is 6.10 Å². The summed E-state index contributed by atoms with van der Waals surface area (Å²) in [5.41, 5.74) is 3.88. The van der Waals surface area contributed by atoms with Crippen LogP contribution in [0.5, 0.6) is 0 Å². The first-order valence-electron chi connectivity index (χ1n) is 7.77. The predicted octanol–water partition coefficient (Wildman–Crippen LogP) is 2.35. The minimum atomic E-state index is 0.144. The first-order chi connectivity index (χ1) is 10.4. The van der Waals surface area contributed by atoms with E-state index in [0.29, 0.717) is 0 Å². The highest BCUT2D eigenvalue weighted by Gasteiger charge is 2.20. The van der Waals surface area contributed by atoms with Crippen LogP contribution in [0.2, 0.25) is 0 Å². The minimum absolute atomic E-state index is 0.144. The van der Waals surface area contributed by atoms with E-state index in [0.717, 1.165) is 44.8 Å². The van der Waals surface area contributed by atoms with Gasteiger partial charge in [-0.05, 0) is 24.1 Å². The molecule has 2 heterocycles. The Kier molecular flexibility index (Phi) is 4.68. The van der Waals surface area contributed by atoms with Gasteiger partial charge in [-0.2, -0.15) is 0 Å². The van der Waals surface area contributed by atoms with Crippen LogP contribution >= 0.6 is 0 Å². The standard InChI is InChI=1S/C17H23N3O/c1-2-18-9-7-15-11-20(13-19-15)12-17-16-6-4-3-5-14(16)8-10-21-17/h3-6,11,13,17-18H,2,7-10,12H2,1H3. The van der Waals surface area contributed by atoms with Crippen molar-refractivity contribution in [2.45, 2.75) is 32.4 Å². The number of likely N-dealkylation sites (N-methyl/N-ethyl adjacent to an activating group) is 1. The number of hydrogen-bond acceptors (Lipinski definition) is 3. The molecule has 0 saturated carbocycles. The Hall–Kier alpha value is -1.65. The van der Waals surface area contributed by atoms with Crippen molar-refractivity contribution in [2.75, 3.05) is 19.7 Å². The van der Waals surface area contributed by atoms with E-state index in [1.807, 2.05) is 6.33 Å². The largest absolute Gasteiger partial charge is 0.371 e. The summed E-state index contributed by atoms with van der Waals surface area (Å²) >= 11 is 0. The molecule has 1 aromatic heterocycles. The zero-order chi connectivity index (χ0) is 14.5. The van der Waals surface area contributed by atoms with Gasteiger partial charge in [-0.1, -0.05) is 31.2 Å². The van der Waals surface area contributed by atoms with Gasteiger partial charge in [0.2, 0.25) is 0 Å². The van der Waals surface area contributed by atoms with E-state index in [4.69, 9.17) is 4.74 Å². The van der Waals surface area contributed by atoms with E-state index in [1.54, 1.807) is 0 Å². The molecular formula is C17H23N3O. The summed E-state index contributed by atoms with van der Waals surface area (Å²) in [6, 6.07) is 8.59. The quantitative estimate of drug-likeness (QED) is 0.828. The van der Waals surface area contributed by atoms with Gasteiger partial charge in [-0.15, -0.1) is 0 Å². The van der Waals surface area contributed by atoms with E-state index in [9.17, 15) is 0 Å². The van der Waals surface area contributed by atoms with Crippen LogP contribution in [-0.4, -0.2) is 29.2 Å². The molecule has 0 aliphatic carbocycles. The first kappa shape index (κ1) is 14.3. The summed E-state index contributed by atoms with van der Waals surface area (Å²) in [7, 11) is 0. The van der Waals surface area contributed by atoms with Crippen LogP contribution < -0.4 is 5.32 Å². The molecule has 1 aliphatic rings. The molecule has 1 unspecified atom stereocenters. The third-order valence-corrected chi connectivity index (χ3v) is 3.96. The number of fused-ring (bicyclic) bond motifs is 1. The number of rotatable bonds is 6. The van der Waals surface area contributed by atoms with Gasteiger partial charge < -0.3 is 14.6 Å². The lowest BCUT2D eigenvalue weighted by Gasteiger charge is -2.26. The van der Waals surface area contributed by atoms with Crippen LogP contribution in [0, 0.1) is 0 Å². The van der Waals surface area contributed by atoms with E-state index in [2.05, 4.69) is 52.3 Å². The Morgan fingerprint density at radius 3 is 3.19 bits per heavy atom. The maximum absolute atomic E-state index is 5.96. The molecule has 2 aromatic rings. The van der Waals surface area contributed by atoms with Gasteiger partial charge in [-0.25, -0.2) is 4.98 Å². The molecule has 1 atom stereocenters. The van der Waals surface area contributed by atoms with Crippen molar-refractivity contribution >= 4 is 0 Å². The molecule has 4 heteroatoms. The van der Waals surface area contributed by atoms with Crippen LogP contribution in [-0.2, 0) is 24.1 Å². The van der Waals surface area contributed by atoms with Crippen molar-refractivity contribution in [3.05, 3.63) is 53.6 Å². The summed E-state index contributed by atoms with van der Waals surface area (Å²) in [5.74, 6) is 0. The Morgan fingerprint density at radius 1 is 1.38 bits per heavy atom. The molecule has 0 bridgehead atoms. The van der Waals surface area contributed by atoms with Crippen molar-refractivity contribution < 1.29 is 4.74 Å². The predicted molar refractivity (Wildman–Crippen MR) is 83.3 cm³/mol. The molecule has 112 valence electrons. The SMILES string of the molecule is CCNCCc1cn(CC2OCCc3ccccc32)cn1. The Balaban J connectivity index is 1.65. The Bertz CT molecular complexity index is 579. The van der Waals surface area contributed by atoms with Gasteiger partial charge in [0, 0.05) is 19.2 Å². The number of benzene rings is 1. The van der Waals surface area contributed by atoms with E-state index in [1.165, 1.54) is 11.1 Å². The van der Waals surface area contributed by atoms with Gasteiger partial charge in [0.15, 0.2) is 0 Å². The van der Waals surface area contributed by atoms with Gasteiger partial charge in [0.05, 0.1) is 25.2 Å². The highest BCUT2D eigenvalue weighted by atomic mass is 16.5. The molecule has 0 spiro atoms. The fraction of sp³-hybridized carbons (Fsp3) is 0.471. The minimum Gasteiger partial charge on any atom is -0.371 e. The zero-order valence-electron chi connectivity index (χ0n) is 12.6. The zero-order valence-corrected chi connectivity index (χ0v) is 12.6. The number of imidazole rings is 1. The van der Waals surface area contributed by atoms with Crippen LogP contribution in [0.3, 0.4) is 0 Å². The summed E-state index contributed by atoms with van der Waals surface area (Å²) in [5, 5.41) is 3.33. The van der Waals surface area contributed by atoms with Crippen LogP contribution in [0.1, 0.15) is 29.8 Å². The van der Waals surface area contributed by atoms with Crippen molar-refractivity contribution in [1.29, 1.82) is 0 Å². The van der Waals surface area contributed by atoms with Crippen molar-refractivity contribution in [1.82, 2.24) is 14.9 Å². The lowest BCUT2D eigenvalue weighted by molar-refractivity contribution is 0.0306. The molecule has 4 nitrogen and oxygen atoms in total. The normalized spacial score (nSPS) is 17.7. The number of hydrogen-bond donors (Lipinski definition) is 1. The first-order valence-corrected chi connectivity index (χ1v) is 7.77. The number of nitrogens with zero attached hydrogens (tertiary/aromatic N) is 2. The molecule has 0 fully saturated rings. The second kappa shape index (κ2) is 6.87. The fourth-order valence-corrected chi connectivity index (χ4v) is 2.85. The van der Waals surface area contributed by atoms with Crippen LogP contribution in [0.25, 0.3) is 0 Å². The highest BCUT2D eigenvalue weighted by Crippen LogP contribution is 2.28. The molecule has 3 rings (SSSR count). The van der Waals surface area contributed by atoms with Gasteiger partial charge in [-0.3, -0.25) is 0 Å². The molecule has 0 saturated heterocycles. The summed E-state index contributed by atoms with van der Waals surface area (Å²) in [6.45, 7) is 5.76. The van der Waals surface area contributed by atoms with Crippen molar-refractivity contribution in [3.8, 4) is 0 Å². The molecule has 21 heavy (non-hydrogen) atoms. The molecule has 0 amide bonds. The fourth-order valence-electron chi connectivity index (χ4n) is 2.85. The number of nitrogens with one attached hydrogen (secondary N) is 1. The highest BCUT2D eigenvalue weighted by molar-refractivity contribution is 5.30. The second-order valence-corrected chi connectivity index (χ2v) is 5.47. The second-order valence-electron chi connectivity index (χ2n) is 5.47. The monoisotopic (exact) mass is 285 g/mol. The molecule has 1 N–H and O–H groups in total. The number of ether oxygens (including phenoxy) is 1. The molecule has 0 radical (unpaired) electrons. The van der Waals surface area contributed by atoms with E-state index in [-0.39, 0.29) is 6.10 Å². The van der Waals surface area contributed by atoms with Gasteiger partial charge in [0.25, 0.3) is 0 Å². The summed E-state index contributed by atoms with van der Waals surface area (Å²) in [4.78, 5) is 4.48. The summed E-state index contributed by atoms with van der Waals surface area (Å²) in [6.07, 6.45) is 6.19. The summed E-state index contributed by atoms with van der Waals surface area (Å²) < 4.78 is 8.10. The lowest BCUT2D eigenvalue weighted by Crippen LogP contribution is -2.20. The maximum atomic E-state index is 5.96. The third-order valence-electron chi connectivity index (χ3n) is 3.96. The molecular weight excluding hydrogens is 262 g/mol. The Morgan fingerprint density at radius 2 is 2.29 bits per heavy atom. The maximum Gasteiger partial charge on any atom is 0.101 e. The number of aromatic nitrogens is 2. The van der Waals surface area contributed by atoms with Gasteiger partial charge >= 0.3 is 0 Å². The molecule has 1 aromatic carbocycles. The molecule has 1 aliphatic heterocycles. The Labute approximate surface area is 126 Å². The van der Waals surface area contributed by atoms with E-state index < -0.39 is 0 Å². The average molecular weight is 285 g/mol. The topological polar surface area (TPSA) is 39.1 Å². The average Bonchev–Trinajstić information content (AvgIpc) is 2.96. The van der Waals surface area contributed by atoms with Crippen LogP contribution in [0.4, 0.5) is 0 Å².